The summed E-state index contributed by atoms with van der Waals surface area (Å²) >= 11 is 0. The van der Waals surface area contributed by atoms with Crippen LogP contribution in [0.1, 0.15) is 20.3 Å². The van der Waals surface area contributed by atoms with Crippen molar-refractivity contribution >= 4 is 5.91 Å². The number of carbonyl (C=O) groups is 1. The summed E-state index contributed by atoms with van der Waals surface area (Å²) in [5.74, 6) is -0.242. The van der Waals surface area contributed by atoms with E-state index in [1.165, 1.54) is 4.90 Å². The molecule has 0 aliphatic carbocycles. The number of carbonyl (C=O) groups excluding carboxylic acids is 1. The second-order valence-corrected chi connectivity index (χ2v) is 2.82. The van der Waals surface area contributed by atoms with Crippen molar-refractivity contribution in [2.24, 2.45) is 5.92 Å². The van der Waals surface area contributed by atoms with Crippen molar-refractivity contribution in [2.45, 2.75) is 20.3 Å². The minimum absolute atomic E-state index is 0.116. The first-order valence-electron chi connectivity index (χ1n) is 3.95. The first-order valence-corrected chi connectivity index (χ1v) is 3.95. The molecule has 0 saturated heterocycles. The van der Waals surface area contributed by atoms with Gasteiger partial charge in [-0.25, -0.2) is 4.90 Å². The second kappa shape index (κ2) is 5.36. The first kappa shape index (κ1) is 10.7. The van der Waals surface area contributed by atoms with Crippen LogP contribution in [0.5, 0.6) is 0 Å². The van der Waals surface area contributed by atoms with Gasteiger partial charge in [-0.3, -0.25) is 4.79 Å². The Balaban J connectivity index is 4.08. The summed E-state index contributed by atoms with van der Waals surface area (Å²) in [6.07, 6.45) is 4.21. The Morgan fingerprint density at radius 2 is 2.33 bits per heavy atom. The fraction of sp³-hybridized carbons (Fsp3) is 0.556. The predicted molar refractivity (Wildman–Crippen MR) is 47.0 cm³/mol. The molecule has 3 heteroatoms. The molecule has 66 valence electrons. The highest BCUT2D eigenvalue weighted by atomic mass is 16.2. The summed E-state index contributed by atoms with van der Waals surface area (Å²) in [5, 5.41) is 8.59. The van der Waals surface area contributed by atoms with Crippen LogP contribution in [-0.2, 0) is 4.79 Å². The van der Waals surface area contributed by atoms with Gasteiger partial charge in [0.15, 0.2) is 6.19 Å². The van der Waals surface area contributed by atoms with Gasteiger partial charge in [-0.05, 0) is 6.42 Å². The number of nitriles is 1. The lowest BCUT2D eigenvalue weighted by Gasteiger charge is -2.14. The summed E-state index contributed by atoms with van der Waals surface area (Å²) in [5.41, 5.74) is 0. The second-order valence-electron chi connectivity index (χ2n) is 2.82. The Morgan fingerprint density at radius 1 is 1.75 bits per heavy atom. The standard InChI is InChI=1S/C9H14N2O/c1-4-5-6-11(7-10)9(12)8(2)3/h4,8H,1,5-6H2,2-3H3. The Morgan fingerprint density at radius 3 is 2.67 bits per heavy atom. The highest BCUT2D eigenvalue weighted by molar-refractivity contribution is 5.79. The Labute approximate surface area is 73.3 Å². The van der Waals surface area contributed by atoms with Crippen molar-refractivity contribution in [3.05, 3.63) is 12.7 Å². The van der Waals surface area contributed by atoms with Crippen molar-refractivity contribution < 1.29 is 4.79 Å². The lowest BCUT2D eigenvalue weighted by Crippen LogP contribution is -2.30. The SMILES string of the molecule is C=CCCN(C#N)C(=O)C(C)C. The molecule has 0 aliphatic heterocycles. The third kappa shape index (κ3) is 3.20. The molecule has 0 aromatic carbocycles. The third-order valence-corrected chi connectivity index (χ3v) is 1.44. The molecule has 12 heavy (non-hydrogen) atoms. The quantitative estimate of drug-likeness (QED) is 0.361. The minimum Gasteiger partial charge on any atom is -0.273 e. The molecular formula is C9H14N2O. The summed E-state index contributed by atoms with van der Waals surface area (Å²) in [6, 6.07) is 0. The van der Waals surface area contributed by atoms with Crippen molar-refractivity contribution in [3.8, 4) is 6.19 Å². The van der Waals surface area contributed by atoms with Gasteiger partial charge in [0.1, 0.15) is 0 Å². The van der Waals surface area contributed by atoms with Crippen molar-refractivity contribution in [1.82, 2.24) is 4.90 Å². The van der Waals surface area contributed by atoms with Crippen LogP contribution in [-0.4, -0.2) is 17.4 Å². The fourth-order valence-electron chi connectivity index (χ4n) is 0.742. The van der Waals surface area contributed by atoms with E-state index in [2.05, 4.69) is 6.58 Å². The molecule has 0 aliphatic rings. The fourth-order valence-corrected chi connectivity index (χ4v) is 0.742. The van der Waals surface area contributed by atoms with Crippen LogP contribution < -0.4 is 0 Å². The molecule has 0 atom stereocenters. The van der Waals surface area contributed by atoms with Gasteiger partial charge in [-0.1, -0.05) is 19.9 Å². The smallest absolute Gasteiger partial charge is 0.238 e. The molecule has 0 saturated carbocycles. The van der Waals surface area contributed by atoms with E-state index in [-0.39, 0.29) is 11.8 Å². The molecule has 1 amide bonds. The van der Waals surface area contributed by atoms with E-state index in [1.807, 2.05) is 6.19 Å². The molecule has 0 bridgehead atoms. The van der Waals surface area contributed by atoms with Gasteiger partial charge in [-0.15, -0.1) is 6.58 Å². The molecule has 0 radical (unpaired) electrons. The number of rotatable bonds is 4. The van der Waals surface area contributed by atoms with E-state index in [9.17, 15) is 4.79 Å². The zero-order chi connectivity index (χ0) is 9.56. The van der Waals surface area contributed by atoms with Crippen LogP contribution in [0.15, 0.2) is 12.7 Å². The van der Waals surface area contributed by atoms with Crippen molar-refractivity contribution in [3.63, 3.8) is 0 Å². The van der Waals surface area contributed by atoms with Gasteiger partial charge in [0.2, 0.25) is 5.91 Å². The summed E-state index contributed by atoms with van der Waals surface area (Å²) in [7, 11) is 0. The highest BCUT2D eigenvalue weighted by Gasteiger charge is 2.14. The molecule has 0 heterocycles. The minimum atomic E-state index is -0.126. The molecule has 0 aromatic rings. The van der Waals surface area contributed by atoms with Crippen LogP contribution >= 0.6 is 0 Å². The van der Waals surface area contributed by atoms with Gasteiger partial charge in [0, 0.05) is 12.5 Å². The van der Waals surface area contributed by atoms with Crippen molar-refractivity contribution in [1.29, 1.82) is 5.26 Å². The Kier molecular flexibility index (Phi) is 4.78. The third-order valence-electron chi connectivity index (χ3n) is 1.44. The van der Waals surface area contributed by atoms with Gasteiger partial charge in [0.05, 0.1) is 0 Å². The number of hydrogen-bond acceptors (Lipinski definition) is 2. The molecule has 0 rings (SSSR count). The molecule has 0 spiro atoms. The first-order chi connectivity index (χ1) is 5.63. The van der Waals surface area contributed by atoms with Crippen molar-refractivity contribution in [2.75, 3.05) is 6.54 Å². The van der Waals surface area contributed by atoms with Gasteiger partial charge in [-0.2, -0.15) is 5.26 Å². The Hall–Kier alpha value is -1.30. The maximum absolute atomic E-state index is 11.2. The maximum atomic E-state index is 11.2. The zero-order valence-corrected chi connectivity index (χ0v) is 7.58. The zero-order valence-electron chi connectivity index (χ0n) is 7.58. The lowest BCUT2D eigenvalue weighted by atomic mass is 10.2. The van der Waals surface area contributed by atoms with Crippen LogP contribution in [0.25, 0.3) is 0 Å². The normalized spacial score (nSPS) is 9.17. The monoisotopic (exact) mass is 166 g/mol. The topological polar surface area (TPSA) is 44.1 Å². The van der Waals surface area contributed by atoms with E-state index in [4.69, 9.17) is 5.26 Å². The molecule has 0 unspecified atom stereocenters. The average Bonchev–Trinajstić information content (AvgIpc) is 2.05. The van der Waals surface area contributed by atoms with Crippen LogP contribution in [0.2, 0.25) is 0 Å². The largest absolute Gasteiger partial charge is 0.273 e. The highest BCUT2D eigenvalue weighted by Crippen LogP contribution is 2.00. The summed E-state index contributed by atoms with van der Waals surface area (Å²) < 4.78 is 0. The molecular weight excluding hydrogens is 152 g/mol. The van der Waals surface area contributed by atoms with Crippen LogP contribution in [0.3, 0.4) is 0 Å². The van der Waals surface area contributed by atoms with E-state index in [1.54, 1.807) is 19.9 Å². The number of nitrogens with zero attached hydrogens (tertiary/aromatic N) is 2. The molecule has 0 aromatic heterocycles. The molecule has 0 fully saturated rings. The lowest BCUT2D eigenvalue weighted by molar-refractivity contribution is -0.131. The molecule has 0 N–H and O–H groups in total. The van der Waals surface area contributed by atoms with E-state index in [0.29, 0.717) is 13.0 Å². The summed E-state index contributed by atoms with van der Waals surface area (Å²) in [4.78, 5) is 12.4. The van der Waals surface area contributed by atoms with Crippen LogP contribution in [0, 0.1) is 17.4 Å². The van der Waals surface area contributed by atoms with Gasteiger partial charge < -0.3 is 0 Å². The Bertz CT molecular complexity index is 203. The number of hydrogen-bond donors (Lipinski definition) is 0. The van der Waals surface area contributed by atoms with E-state index in [0.717, 1.165) is 0 Å². The average molecular weight is 166 g/mol. The maximum Gasteiger partial charge on any atom is 0.238 e. The van der Waals surface area contributed by atoms with Gasteiger partial charge >= 0.3 is 0 Å². The number of amides is 1. The van der Waals surface area contributed by atoms with Gasteiger partial charge in [0.25, 0.3) is 0 Å². The van der Waals surface area contributed by atoms with E-state index < -0.39 is 0 Å². The van der Waals surface area contributed by atoms with E-state index >= 15 is 0 Å². The molecule has 3 nitrogen and oxygen atoms in total. The summed E-state index contributed by atoms with van der Waals surface area (Å²) in [6.45, 7) is 7.52. The van der Waals surface area contributed by atoms with Crippen LogP contribution in [0.4, 0.5) is 0 Å². The predicted octanol–water partition coefficient (Wildman–Crippen LogP) is 1.53.